The number of nitrogens with zero attached hydrogens (tertiary/aromatic N) is 3. The first-order valence-electron chi connectivity index (χ1n) is 13.3. The highest BCUT2D eigenvalue weighted by Crippen LogP contribution is 2.36. The molecule has 0 saturated carbocycles. The zero-order valence-electron chi connectivity index (χ0n) is 23.1. The van der Waals surface area contributed by atoms with Crippen LogP contribution in [0.15, 0.2) is 71.4 Å². The maximum absolute atomic E-state index is 13.2. The first kappa shape index (κ1) is 31.7. The predicted octanol–water partition coefficient (Wildman–Crippen LogP) is 5.94. The number of para-hydroxylation sites is 1. The quantitative estimate of drug-likeness (QED) is 0.281. The summed E-state index contributed by atoms with van der Waals surface area (Å²) in [7, 11) is 1.56. The number of amides is 2. The monoisotopic (exact) mass is 609 g/mol. The topological polar surface area (TPSA) is 66.2 Å². The van der Waals surface area contributed by atoms with Crippen molar-refractivity contribution in [3.63, 3.8) is 0 Å². The number of methoxy groups -OCH3 is 1. The van der Waals surface area contributed by atoms with E-state index >= 15 is 0 Å². The lowest BCUT2D eigenvalue weighted by atomic mass is 10.0. The summed E-state index contributed by atoms with van der Waals surface area (Å²) in [4.78, 5) is 30.8. The normalized spacial score (nSPS) is 14.7. The second kappa shape index (κ2) is 13.4. The van der Waals surface area contributed by atoms with Gasteiger partial charge in [0.25, 0.3) is 11.8 Å². The van der Waals surface area contributed by atoms with E-state index in [9.17, 15) is 35.9 Å². The average Bonchev–Trinajstić information content (AvgIpc) is 3.53. The summed E-state index contributed by atoms with van der Waals surface area (Å²) in [6.45, 7) is 1.79. The molecule has 230 valence electrons. The molecule has 1 aliphatic rings. The molecular weight excluding hydrogens is 580 g/mol. The molecule has 13 heteroatoms. The van der Waals surface area contributed by atoms with Gasteiger partial charge >= 0.3 is 12.4 Å². The Labute approximate surface area is 243 Å². The van der Waals surface area contributed by atoms with E-state index in [0.29, 0.717) is 44.1 Å². The molecule has 0 N–H and O–H groups in total. The molecular formula is C30H29F6N3O4. The van der Waals surface area contributed by atoms with Gasteiger partial charge in [0.1, 0.15) is 5.75 Å². The van der Waals surface area contributed by atoms with Crippen LogP contribution in [0.3, 0.4) is 0 Å². The Balaban J connectivity index is 1.39. The molecule has 2 aromatic carbocycles. The lowest BCUT2D eigenvalue weighted by Crippen LogP contribution is -2.50. The minimum atomic E-state index is -5.05. The molecule has 43 heavy (non-hydrogen) atoms. The van der Waals surface area contributed by atoms with Gasteiger partial charge in [0.2, 0.25) is 0 Å². The number of ether oxygens (including phenoxy) is 1. The Morgan fingerprint density at radius 1 is 0.930 bits per heavy atom. The van der Waals surface area contributed by atoms with E-state index in [1.54, 1.807) is 24.1 Å². The van der Waals surface area contributed by atoms with Crippen LogP contribution in [0.5, 0.6) is 5.75 Å². The summed E-state index contributed by atoms with van der Waals surface area (Å²) in [5, 5.41) is 0. The smallest absolute Gasteiger partial charge is 0.416 e. The van der Waals surface area contributed by atoms with Crippen molar-refractivity contribution < 1.29 is 45.1 Å². The van der Waals surface area contributed by atoms with Gasteiger partial charge in [0, 0.05) is 56.9 Å². The maximum atomic E-state index is 13.2. The SMILES string of the molecule is COc1ccccc1/C=C/CN(CCN1CCN(C(=O)c2cc(C(F)(F)F)cc(C(F)(F)F)c2)CC1)C(=O)c1ccco1. The number of alkyl halides is 6. The Morgan fingerprint density at radius 3 is 2.16 bits per heavy atom. The van der Waals surface area contributed by atoms with Crippen molar-refractivity contribution in [1.29, 1.82) is 0 Å². The fraction of sp³-hybridized carbons (Fsp3) is 0.333. The van der Waals surface area contributed by atoms with Crippen LogP contribution in [0.25, 0.3) is 6.08 Å². The van der Waals surface area contributed by atoms with Crippen LogP contribution in [0.2, 0.25) is 0 Å². The van der Waals surface area contributed by atoms with E-state index in [1.165, 1.54) is 11.2 Å². The van der Waals surface area contributed by atoms with Gasteiger partial charge in [0.05, 0.1) is 24.5 Å². The Morgan fingerprint density at radius 2 is 1.58 bits per heavy atom. The van der Waals surface area contributed by atoms with E-state index in [4.69, 9.17) is 9.15 Å². The number of piperazine rings is 1. The van der Waals surface area contributed by atoms with Gasteiger partial charge in [-0.2, -0.15) is 26.3 Å². The van der Waals surface area contributed by atoms with Crippen molar-refractivity contribution in [1.82, 2.24) is 14.7 Å². The van der Waals surface area contributed by atoms with Crippen molar-refractivity contribution >= 4 is 17.9 Å². The lowest BCUT2D eigenvalue weighted by molar-refractivity contribution is -0.143. The summed E-state index contributed by atoms with van der Waals surface area (Å²) in [5.74, 6) is -0.392. The molecule has 1 saturated heterocycles. The van der Waals surface area contributed by atoms with Gasteiger partial charge in [-0.3, -0.25) is 14.5 Å². The van der Waals surface area contributed by atoms with Crippen molar-refractivity contribution in [3.05, 3.63) is 95.0 Å². The third kappa shape index (κ3) is 8.19. The largest absolute Gasteiger partial charge is 0.496 e. The van der Waals surface area contributed by atoms with Gasteiger partial charge in [-0.1, -0.05) is 30.4 Å². The fourth-order valence-electron chi connectivity index (χ4n) is 4.64. The van der Waals surface area contributed by atoms with Gasteiger partial charge in [-0.05, 0) is 36.4 Å². The van der Waals surface area contributed by atoms with Crippen LogP contribution >= 0.6 is 0 Å². The number of rotatable bonds is 9. The molecule has 0 radical (unpaired) electrons. The number of furan rings is 1. The molecule has 1 fully saturated rings. The minimum Gasteiger partial charge on any atom is -0.496 e. The van der Waals surface area contributed by atoms with Gasteiger partial charge in [0.15, 0.2) is 5.76 Å². The summed E-state index contributed by atoms with van der Waals surface area (Å²) in [6, 6.07) is 11.4. The highest BCUT2D eigenvalue weighted by molar-refractivity contribution is 5.95. The highest BCUT2D eigenvalue weighted by Gasteiger charge is 2.38. The maximum Gasteiger partial charge on any atom is 0.416 e. The molecule has 0 aliphatic carbocycles. The van der Waals surface area contributed by atoms with Crippen LogP contribution in [0.1, 0.15) is 37.6 Å². The van der Waals surface area contributed by atoms with Gasteiger partial charge < -0.3 is 19.0 Å². The summed E-state index contributed by atoms with van der Waals surface area (Å²) in [5.41, 5.74) is -2.91. The molecule has 0 unspecified atom stereocenters. The van der Waals surface area contributed by atoms with Crippen LogP contribution in [-0.4, -0.2) is 79.4 Å². The predicted molar refractivity (Wildman–Crippen MR) is 145 cm³/mol. The van der Waals surface area contributed by atoms with E-state index in [2.05, 4.69) is 0 Å². The van der Waals surface area contributed by atoms with Crippen molar-refractivity contribution in [2.24, 2.45) is 0 Å². The van der Waals surface area contributed by atoms with Gasteiger partial charge in [-0.25, -0.2) is 0 Å². The second-order valence-electron chi connectivity index (χ2n) is 9.80. The summed E-state index contributed by atoms with van der Waals surface area (Å²) >= 11 is 0. The fourth-order valence-corrected chi connectivity index (χ4v) is 4.64. The summed E-state index contributed by atoms with van der Waals surface area (Å²) in [6.07, 6.45) is -5.04. The molecule has 2 amide bonds. The number of benzene rings is 2. The molecule has 7 nitrogen and oxygen atoms in total. The Kier molecular flexibility index (Phi) is 9.84. The van der Waals surface area contributed by atoms with E-state index < -0.39 is 35.0 Å². The van der Waals surface area contributed by atoms with Crippen LogP contribution in [0.4, 0.5) is 26.3 Å². The van der Waals surface area contributed by atoms with E-state index in [-0.39, 0.29) is 37.4 Å². The van der Waals surface area contributed by atoms with Crippen LogP contribution in [0, 0.1) is 0 Å². The van der Waals surface area contributed by atoms with Gasteiger partial charge in [-0.15, -0.1) is 0 Å². The highest BCUT2D eigenvalue weighted by atomic mass is 19.4. The summed E-state index contributed by atoms with van der Waals surface area (Å²) < 4.78 is 90.1. The number of carbonyl (C=O) groups is 2. The first-order chi connectivity index (χ1) is 20.4. The molecule has 0 bridgehead atoms. The molecule has 1 aromatic heterocycles. The Bertz CT molecular complexity index is 1400. The lowest BCUT2D eigenvalue weighted by Gasteiger charge is -2.36. The number of hydrogen-bond acceptors (Lipinski definition) is 5. The third-order valence-electron chi connectivity index (χ3n) is 6.96. The minimum absolute atomic E-state index is 0.00394. The zero-order valence-corrected chi connectivity index (χ0v) is 23.1. The van der Waals surface area contributed by atoms with Crippen LogP contribution in [-0.2, 0) is 12.4 Å². The van der Waals surface area contributed by atoms with E-state index in [1.807, 2.05) is 41.3 Å². The molecule has 4 rings (SSSR count). The van der Waals surface area contributed by atoms with Crippen LogP contribution < -0.4 is 4.74 Å². The number of halogens is 6. The Hall–Kier alpha value is -4.26. The molecule has 2 heterocycles. The third-order valence-corrected chi connectivity index (χ3v) is 6.96. The molecule has 3 aromatic rings. The first-order valence-corrected chi connectivity index (χ1v) is 13.3. The number of carbonyl (C=O) groups excluding carboxylic acids is 2. The number of hydrogen-bond donors (Lipinski definition) is 0. The second-order valence-corrected chi connectivity index (χ2v) is 9.80. The molecule has 1 aliphatic heterocycles. The molecule has 0 spiro atoms. The van der Waals surface area contributed by atoms with Crippen molar-refractivity contribution in [3.8, 4) is 5.75 Å². The van der Waals surface area contributed by atoms with Crippen molar-refractivity contribution in [2.75, 3.05) is 52.9 Å². The molecule has 0 atom stereocenters. The van der Waals surface area contributed by atoms with Crippen molar-refractivity contribution in [2.45, 2.75) is 12.4 Å². The standard InChI is InChI=1S/C30H29F6N3O4/c1-42-25-8-3-2-6-21(25)7-4-10-38(28(41)26-9-5-17-43-26)14-11-37-12-15-39(16-13-37)27(40)22-18-23(29(31,32)33)20-24(19-22)30(34,35)36/h2-9,17-20H,10-16H2,1H3/b7-4+. The average molecular weight is 610 g/mol. The zero-order chi connectivity index (χ0) is 31.2. The van der Waals surface area contributed by atoms with E-state index in [0.717, 1.165) is 5.56 Å².